The molecule has 0 radical (unpaired) electrons. The molecule has 2 aromatic carbocycles. The third-order valence-corrected chi connectivity index (χ3v) is 5.37. The van der Waals surface area contributed by atoms with E-state index in [1.807, 2.05) is 48.5 Å². The largest absolute Gasteiger partial charge is 1.00 e. The number of amidine groups is 1. The van der Waals surface area contributed by atoms with Crippen molar-refractivity contribution in [3.63, 3.8) is 0 Å². The van der Waals surface area contributed by atoms with Crippen LogP contribution in [-0.4, -0.2) is 42.8 Å². The summed E-state index contributed by atoms with van der Waals surface area (Å²) in [6, 6.07) is 15.6. The van der Waals surface area contributed by atoms with Crippen LogP contribution in [0.4, 0.5) is 5.69 Å². The highest BCUT2D eigenvalue weighted by molar-refractivity contribution is 5.97. The number of aliphatic hydroxyl groups is 1. The number of nitrogens with zero attached hydrogens (tertiary/aromatic N) is 2. The average molecular weight is 433 g/mol. The van der Waals surface area contributed by atoms with Crippen LogP contribution in [0.1, 0.15) is 24.8 Å². The number of halogens is 1. The van der Waals surface area contributed by atoms with Gasteiger partial charge in [0.1, 0.15) is 17.2 Å². The van der Waals surface area contributed by atoms with E-state index in [1.165, 1.54) is 12.3 Å². The lowest BCUT2D eigenvalue weighted by molar-refractivity contribution is -0.538. The molecule has 0 bridgehead atoms. The molecule has 2 heterocycles. The molecule has 2 aliphatic rings. The Bertz CT molecular complexity index is 820. The first-order chi connectivity index (χ1) is 12.7. The van der Waals surface area contributed by atoms with E-state index in [9.17, 15) is 5.11 Å². The highest BCUT2D eigenvalue weighted by Gasteiger charge is 2.54. The van der Waals surface area contributed by atoms with Gasteiger partial charge in [0.25, 0.3) is 11.6 Å². The molecule has 1 atom stereocenters. The van der Waals surface area contributed by atoms with Crippen LogP contribution in [0.3, 0.4) is 0 Å². The molecule has 0 aromatic heterocycles. The van der Waals surface area contributed by atoms with Gasteiger partial charge < -0.3 is 31.6 Å². The topological polar surface area (TPSA) is 44.9 Å². The summed E-state index contributed by atoms with van der Waals surface area (Å²) in [4.78, 5) is 2.09. The lowest BCUT2D eigenvalue weighted by Gasteiger charge is -2.29. The number of hydrogen-bond donors (Lipinski definition) is 1. The predicted octanol–water partition coefficient (Wildman–Crippen LogP) is -0.0320. The van der Waals surface area contributed by atoms with Crippen LogP contribution >= 0.6 is 0 Å². The lowest BCUT2D eigenvalue weighted by atomic mass is 10.0. The Balaban J connectivity index is 0.00000210. The molecule has 6 heteroatoms. The second-order valence-electron chi connectivity index (χ2n) is 6.87. The normalized spacial score (nSPS) is 21.5. The average Bonchev–Trinajstić information content (AvgIpc) is 3.01. The third-order valence-electron chi connectivity index (χ3n) is 5.37. The number of hydrogen-bond acceptors (Lipinski definition) is 4. The van der Waals surface area contributed by atoms with Gasteiger partial charge in [-0.25, -0.2) is 0 Å². The number of benzene rings is 2. The van der Waals surface area contributed by atoms with E-state index in [2.05, 4.69) is 9.48 Å². The van der Waals surface area contributed by atoms with Gasteiger partial charge in [-0.2, -0.15) is 4.90 Å². The minimum absolute atomic E-state index is 0. The zero-order valence-electron chi connectivity index (χ0n) is 15.7. The SMILES string of the molecule is COc1ccc(N2C3=[N+](CCCC3)CC2(O)c2ccc(OC)cc2)cc1.[Br-]. The summed E-state index contributed by atoms with van der Waals surface area (Å²) in [5, 5.41) is 11.8. The molecule has 0 saturated heterocycles. The van der Waals surface area contributed by atoms with Crippen LogP contribution in [0.5, 0.6) is 11.5 Å². The molecule has 4 rings (SSSR count). The molecule has 1 N–H and O–H groups in total. The summed E-state index contributed by atoms with van der Waals surface area (Å²) >= 11 is 0. The van der Waals surface area contributed by atoms with Gasteiger partial charge in [0, 0.05) is 12.0 Å². The van der Waals surface area contributed by atoms with Crippen LogP contribution in [0.15, 0.2) is 48.5 Å². The molecule has 2 aromatic rings. The van der Waals surface area contributed by atoms with Gasteiger partial charge in [-0.1, -0.05) is 0 Å². The maximum atomic E-state index is 11.8. The summed E-state index contributed by atoms with van der Waals surface area (Å²) < 4.78 is 12.9. The predicted molar refractivity (Wildman–Crippen MR) is 101 cm³/mol. The monoisotopic (exact) mass is 432 g/mol. The molecule has 0 spiro atoms. The fourth-order valence-electron chi connectivity index (χ4n) is 4.02. The molecule has 5 nitrogen and oxygen atoms in total. The quantitative estimate of drug-likeness (QED) is 0.689. The van der Waals surface area contributed by atoms with E-state index >= 15 is 0 Å². The van der Waals surface area contributed by atoms with Crippen LogP contribution in [0.25, 0.3) is 0 Å². The van der Waals surface area contributed by atoms with Crippen molar-refractivity contribution in [1.82, 2.24) is 0 Å². The van der Waals surface area contributed by atoms with E-state index in [1.54, 1.807) is 14.2 Å². The molecule has 2 aliphatic heterocycles. The maximum Gasteiger partial charge on any atom is 0.275 e. The minimum Gasteiger partial charge on any atom is -1.00 e. The first-order valence-corrected chi connectivity index (χ1v) is 9.08. The zero-order chi connectivity index (χ0) is 18.1. The molecular formula is C21H25BrN2O3. The maximum absolute atomic E-state index is 11.8. The van der Waals surface area contributed by atoms with Crippen LogP contribution in [0.2, 0.25) is 0 Å². The van der Waals surface area contributed by atoms with Crippen molar-refractivity contribution in [2.24, 2.45) is 0 Å². The van der Waals surface area contributed by atoms with Crippen molar-refractivity contribution in [1.29, 1.82) is 0 Å². The van der Waals surface area contributed by atoms with Gasteiger partial charge in [0.15, 0.2) is 6.54 Å². The molecule has 0 amide bonds. The van der Waals surface area contributed by atoms with Crippen LogP contribution in [0, 0.1) is 0 Å². The summed E-state index contributed by atoms with van der Waals surface area (Å²) in [6.45, 7) is 1.56. The molecular weight excluding hydrogens is 408 g/mol. The fourth-order valence-corrected chi connectivity index (χ4v) is 4.02. The van der Waals surface area contributed by atoms with Crippen LogP contribution in [-0.2, 0) is 5.72 Å². The van der Waals surface area contributed by atoms with E-state index in [0.29, 0.717) is 6.54 Å². The van der Waals surface area contributed by atoms with E-state index in [-0.39, 0.29) is 17.0 Å². The number of ether oxygens (including phenoxy) is 2. The summed E-state index contributed by atoms with van der Waals surface area (Å²) in [5.74, 6) is 2.79. The van der Waals surface area contributed by atoms with Crippen molar-refractivity contribution < 1.29 is 36.1 Å². The summed E-state index contributed by atoms with van der Waals surface area (Å²) in [7, 11) is 3.31. The van der Waals surface area contributed by atoms with E-state index in [0.717, 1.165) is 42.1 Å². The molecule has 0 fully saturated rings. The van der Waals surface area contributed by atoms with E-state index in [4.69, 9.17) is 9.47 Å². The molecule has 1 unspecified atom stereocenters. The highest BCUT2D eigenvalue weighted by Crippen LogP contribution is 2.38. The van der Waals surface area contributed by atoms with E-state index < -0.39 is 5.72 Å². The Kier molecular flexibility index (Phi) is 5.77. The Morgan fingerprint density at radius 1 is 0.926 bits per heavy atom. The molecule has 0 saturated carbocycles. The second-order valence-corrected chi connectivity index (χ2v) is 6.87. The fraction of sp³-hybridized carbons (Fsp3) is 0.381. The van der Waals surface area contributed by atoms with Crippen molar-refractivity contribution in [2.75, 3.05) is 32.2 Å². The second kappa shape index (κ2) is 7.90. The van der Waals surface area contributed by atoms with Gasteiger partial charge in [-0.05, 0) is 61.4 Å². The number of rotatable bonds is 4. The van der Waals surface area contributed by atoms with Gasteiger partial charge in [0.2, 0.25) is 0 Å². The number of methoxy groups -OCH3 is 2. The molecule has 144 valence electrons. The van der Waals surface area contributed by atoms with Crippen LogP contribution < -0.4 is 31.4 Å². The molecule has 27 heavy (non-hydrogen) atoms. The van der Waals surface area contributed by atoms with Gasteiger partial charge >= 0.3 is 0 Å². The van der Waals surface area contributed by atoms with Gasteiger partial charge in [0.05, 0.1) is 20.8 Å². The minimum atomic E-state index is -1.10. The Morgan fingerprint density at radius 3 is 2.11 bits per heavy atom. The Labute approximate surface area is 170 Å². The first-order valence-electron chi connectivity index (χ1n) is 9.08. The Morgan fingerprint density at radius 2 is 1.52 bits per heavy atom. The lowest BCUT2D eigenvalue weighted by Crippen LogP contribution is -3.00. The smallest absolute Gasteiger partial charge is 0.275 e. The summed E-state index contributed by atoms with van der Waals surface area (Å²) in [6.07, 6.45) is 3.29. The van der Waals surface area contributed by atoms with Crippen molar-refractivity contribution >= 4 is 11.5 Å². The zero-order valence-corrected chi connectivity index (χ0v) is 17.3. The highest BCUT2D eigenvalue weighted by atomic mass is 79.9. The van der Waals surface area contributed by atoms with Crippen molar-refractivity contribution in [3.8, 4) is 11.5 Å². The van der Waals surface area contributed by atoms with Crippen molar-refractivity contribution in [2.45, 2.75) is 25.0 Å². The summed E-state index contributed by atoms with van der Waals surface area (Å²) in [5.41, 5.74) is 0.750. The molecule has 0 aliphatic carbocycles. The van der Waals surface area contributed by atoms with Crippen molar-refractivity contribution in [3.05, 3.63) is 54.1 Å². The number of anilines is 1. The Hall–Kier alpha value is -2.05. The van der Waals surface area contributed by atoms with Gasteiger partial charge in [-0.15, -0.1) is 0 Å². The van der Waals surface area contributed by atoms with Gasteiger partial charge in [-0.3, -0.25) is 4.58 Å². The standard InChI is InChI=1S/C21H25N2O3.BrH/c1-25-18-10-6-16(7-11-18)21(24)15-22-14-4-3-5-20(22)23(21)17-8-12-19(26-2)13-9-17;/h6-13,24H,3-5,14-15H2,1-2H3;1H/q+1;/p-1. The third kappa shape index (κ3) is 3.44. The first kappa shape index (κ1) is 19.7.